The van der Waals surface area contributed by atoms with E-state index in [1.54, 1.807) is 30.0 Å². The van der Waals surface area contributed by atoms with Crippen molar-refractivity contribution in [2.45, 2.75) is 4.90 Å². The third kappa shape index (κ3) is 3.73. The van der Waals surface area contributed by atoms with Crippen LogP contribution in [0.3, 0.4) is 0 Å². The molecule has 0 atom stereocenters. The van der Waals surface area contributed by atoms with E-state index in [0.717, 1.165) is 18.2 Å². The van der Waals surface area contributed by atoms with Crippen molar-refractivity contribution in [3.63, 3.8) is 0 Å². The molecular weight excluding hydrogens is 435 g/mol. The molecule has 0 aliphatic rings. The van der Waals surface area contributed by atoms with Crippen molar-refractivity contribution < 1.29 is 22.0 Å². The van der Waals surface area contributed by atoms with Gasteiger partial charge in [-0.25, -0.2) is 26.9 Å². The monoisotopic (exact) mass is 445 g/mol. The number of carbonyl (C=O) groups excluding carboxylic acids is 1. The molecule has 11 heteroatoms. The third-order valence-corrected chi connectivity index (χ3v) is 5.72. The fraction of sp³-hybridized carbons (Fsp3) is 0.0588. The minimum Gasteiger partial charge on any atom is -0.333 e. The number of carbonyl (C=O) groups is 1. The van der Waals surface area contributed by atoms with Gasteiger partial charge in [0.1, 0.15) is 23.2 Å². The van der Waals surface area contributed by atoms with Crippen LogP contribution in [-0.4, -0.2) is 23.9 Å². The first kappa shape index (κ1) is 20.2. The van der Waals surface area contributed by atoms with Gasteiger partial charge in [-0.1, -0.05) is 35.3 Å². The molecule has 0 radical (unpaired) electrons. The second-order valence-electron chi connectivity index (χ2n) is 5.64. The normalized spacial score (nSPS) is 11.5. The summed E-state index contributed by atoms with van der Waals surface area (Å²) in [5.41, 5.74) is 0.0317. The van der Waals surface area contributed by atoms with Crippen LogP contribution in [-0.2, 0) is 17.1 Å². The SMILES string of the molecule is Cn1cc(C(=O)NS(=O)(=O)c2c(F)cccc2F)nc1-c1c(Cl)cccc1Cl. The number of sulfonamides is 1. The van der Waals surface area contributed by atoms with Crippen LogP contribution in [0.2, 0.25) is 10.0 Å². The number of halogens is 4. The van der Waals surface area contributed by atoms with Crippen LogP contribution in [0.4, 0.5) is 8.78 Å². The van der Waals surface area contributed by atoms with Crippen molar-refractivity contribution in [1.82, 2.24) is 14.3 Å². The highest BCUT2D eigenvalue weighted by Gasteiger charge is 2.28. The average molecular weight is 446 g/mol. The lowest BCUT2D eigenvalue weighted by molar-refractivity contribution is 0.0977. The maximum Gasteiger partial charge on any atom is 0.285 e. The van der Waals surface area contributed by atoms with Gasteiger partial charge in [-0.3, -0.25) is 4.79 Å². The number of aryl methyl sites for hydroxylation is 1. The van der Waals surface area contributed by atoms with Crippen LogP contribution in [0.5, 0.6) is 0 Å². The molecule has 0 saturated carbocycles. The molecule has 0 unspecified atom stereocenters. The highest BCUT2D eigenvalue weighted by Crippen LogP contribution is 2.33. The Morgan fingerprint density at radius 1 is 1.07 bits per heavy atom. The van der Waals surface area contributed by atoms with Crippen molar-refractivity contribution in [3.8, 4) is 11.4 Å². The second-order valence-corrected chi connectivity index (χ2v) is 8.08. The molecule has 0 aliphatic carbocycles. The molecule has 0 spiro atoms. The molecule has 0 saturated heterocycles. The molecular formula is C17H11Cl2F2N3O3S. The number of amides is 1. The zero-order valence-corrected chi connectivity index (χ0v) is 16.4. The summed E-state index contributed by atoms with van der Waals surface area (Å²) in [5, 5.41) is 0.545. The largest absolute Gasteiger partial charge is 0.333 e. The zero-order chi connectivity index (χ0) is 20.6. The number of hydrogen-bond donors (Lipinski definition) is 1. The summed E-state index contributed by atoms with van der Waals surface area (Å²) in [6.07, 6.45) is 1.23. The quantitative estimate of drug-likeness (QED) is 0.662. The Labute approximate surface area is 168 Å². The Morgan fingerprint density at radius 3 is 2.18 bits per heavy atom. The summed E-state index contributed by atoms with van der Waals surface area (Å²) in [6, 6.07) is 7.30. The Hall–Kier alpha value is -2.49. The Kier molecular flexibility index (Phi) is 5.42. The maximum absolute atomic E-state index is 13.8. The summed E-state index contributed by atoms with van der Waals surface area (Å²) in [5.74, 6) is -3.63. The lowest BCUT2D eigenvalue weighted by Crippen LogP contribution is -2.32. The lowest BCUT2D eigenvalue weighted by Gasteiger charge is -2.07. The molecule has 28 heavy (non-hydrogen) atoms. The molecule has 0 bridgehead atoms. The molecule has 2 aromatic carbocycles. The van der Waals surface area contributed by atoms with Gasteiger partial charge >= 0.3 is 0 Å². The second kappa shape index (κ2) is 7.50. The Balaban J connectivity index is 1.97. The van der Waals surface area contributed by atoms with Gasteiger partial charge in [0, 0.05) is 13.2 Å². The van der Waals surface area contributed by atoms with Crippen LogP contribution in [0, 0.1) is 11.6 Å². The molecule has 6 nitrogen and oxygen atoms in total. The molecule has 0 aliphatic heterocycles. The molecule has 1 heterocycles. The standard InChI is InChI=1S/C17H11Cl2F2N3O3S/c1-24-8-13(22-16(24)14-9(18)4-2-5-10(14)19)17(25)23-28(26,27)15-11(20)6-3-7-12(15)21/h2-8H,1H3,(H,23,25). The highest BCUT2D eigenvalue weighted by molar-refractivity contribution is 7.90. The number of aromatic nitrogens is 2. The van der Waals surface area contributed by atoms with Gasteiger partial charge in [0.15, 0.2) is 4.90 Å². The fourth-order valence-corrected chi connectivity index (χ4v) is 4.15. The predicted molar refractivity (Wildman–Crippen MR) is 99.7 cm³/mol. The van der Waals surface area contributed by atoms with Crippen molar-refractivity contribution in [2.75, 3.05) is 0 Å². The van der Waals surface area contributed by atoms with Crippen molar-refractivity contribution in [1.29, 1.82) is 0 Å². The summed E-state index contributed by atoms with van der Waals surface area (Å²) >= 11 is 12.3. The first-order valence-electron chi connectivity index (χ1n) is 7.60. The van der Waals surface area contributed by atoms with Gasteiger partial charge in [-0.15, -0.1) is 0 Å². The van der Waals surface area contributed by atoms with E-state index < -0.39 is 32.5 Å². The van der Waals surface area contributed by atoms with E-state index in [9.17, 15) is 22.0 Å². The minimum atomic E-state index is -4.80. The molecule has 1 N–H and O–H groups in total. The average Bonchev–Trinajstić information content (AvgIpc) is 2.96. The summed E-state index contributed by atoms with van der Waals surface area (Å²) in [7, 11) is -3.26. The van der Waals surface area contributed by atoms with Gasteiger partial charge in [-0.2, -0.15) is 0 Å². The van der Waals surface area contributed by atoms with E-state index in [-0.39, 0.29) is 21.6 Å². The number of benzene rings is 2. The minimum absolute atomic E-state index is 0.204. The van der Waals surface area contributed by atoms with E-state index in [2.05, 4.69) is 4.98 Å². The number of nitrogens with one attached hydrogen (secondary N) is 1. The van der Waals surface area contributed by atoms with Crippen LogP contribution in [0.15, 0.2) is 47.5 Å². The molecule has 1 amide bonds. The van der Waals surface area contributed by atoms with Gasteiger partial charge in [-0.05, 0) is 24.3 Å². The van der Waals surface area contributed by atoms with Crippen LogP contribution in [0.25, 0.3) is 11.4 Å². The smallest absolute Gasteiger partial charge is 0.285 e. The topological polar surface area (TPSA) is 81.1 Å². The van der Waals surface area contributed by atoms with Crippen LogP contribution < -0.4 is 4.72 Å². The fourth-order valence-electron chi connectivity index (χ4n) is 2.48. The third-order valence-electron chi connectivity index (χ3n) is 3.71. The van der Waals surface area contributed by atoms with Crippen molar-refractivity contribution >= 4 is 39.1 Å². The molecule has 0 fully saturated rings. The summed E-state index contributed by atoms with van der Waals surface area (Å²) in [4.78, 5) is 15.1. The van der Waals surface area contributed by atoms with E-state index >= 15 is 0 Å². The van der Waals surface area contributed by atoms with E-state index in [4.69, 9.17) is 23.2 Å². The van der Waals surface area contributed by atoms with Gasteiger partial charge in [0.05, 0.1) is 15.6 Å². The highest BCUT2D eigenvalue weighted by atomic mass is 35.5. The summed E-state index contributed by atoms with van der Waals surface area (Å²) in [6.45, 7) is 0. The van der Waals surface area contributed by atoms with E-state index in [1.807, 2.05) is 0 Å². The number of nitrogens with zero attached hydrogens (tertiary/aromatic N) is 2. The number of rotatable bonds is 4. The van der Waals surface area contributed by atoms with Gasteiger partial charge in [0.2, 0.25) is 0 Å². The zero-order valence-electron chi connectivity index (χ0n) is 14.1. The molecule has 1 aromatic heterocycles. The number of imidazole rings is 1. The first-order valence-corrected chi connectivity index (χ1v) is 9.84. The lowest BCUT2D eigenvalue weighted by atomic mass is 10.2. The summed E-state index contributed by atoms with van der Waals surface area (Å²) < 4.78 is 55.0. The van der Waals surface area contributed by atoms with E-state index in [1.165, 1.54) is 10.8 Å². The maximum atomic E-state index is 13.8. The van der Waals surface area contributed by atoms with Crippen molar-refractivity contribution in [3.05, 3.63) is 70.0 Å². The van der Waals surface area contributed by atoms with Gasteiger partial charge < -0.3 is 4.57 Å². The van der Waals surface area contributed by atoms with Crippen molar-refractivity contribution in [2.24, 2.45) is 7.05 Å². The molecule has 146 valence electrons. The molecule has 3 aromatic rings. The number of hydrogen-bond acceptors (Lipinski definition) is 4. The predicted octanol–water partition coefficient (Wildman–Crippen LogP) is 3.79. The Bertz CT molecular complexity index is 1160. The van der Waals surface area contributed by atoms with Crippen LogP contribution >= 0.6 is 23.2 Å². The molecule has 3 rings (SSSR count). The Morgan fingerprint density at radius 2 is 1.61 bits per heavy atom. The van der Waals surface area contributed by atoms with Crippen LogP contribution in [0.1, 0.15) is 10.5 Å². The van der Waals surface area contributed by atoms with E-state index in [0.29, 0.717) is 5.56 Å². The first-order chi connectivity index (χ1) is 13.1. The van der Waals surface area contributed by atoms with Gasteiger partial charge in [0.25, 0.3) is 15.9 Å².